The van der Waals surface area contributed by atoms with Crippen molar-refractivity contribution in [3.8, 4) is 22.9 Å². The summed E-state index contributed by atoms with van der Waals surface area (Å²) in [6, 6.07) is 24.6. The molecule has 1 aromatic heterocycles. The topological polar surface area (TPSA) is 55.9 Å². The maximum Gasteiger partial charge on any atom is 0.280 e. The highest BCUT2D eigenvalue weighted by Gasteiger charge is 2.25. The molecule has 3 aromatic carbocycles. The summed E-state index contributed by atoms with van der Waals surface area (Å²) in [6.07, 6.45) is 6.04. The monoisotopic (exact) mass is 560 g/mol. The lowest BCUT2D eigenvalue weighted by atomic mass is 10.0. The minimum absolute atomic E-state index is 0. The molecule has 2 heterocycles. The summed E-state index contributed by atoms with van der Waals surface area (Å²) in [4.78, 5) is 5.61. The van der Waals surface area contributed by atoms with Crippen LogP contribution in [0.1, 0.15) is 25.2 Å². The van der Waals surface area contributed by atoms with Gasteiger partial charge in [-0.3, -0.25) is 0 Å². The van der Waals surface area contributed by atoms with E-state index in [4.69, 9.17) is 4.74 Å². The maximum absolute atomic E-state index is 9.19. The fourth-order valence-corrected chi connectivity index (χ4v) is 4.33. The quantitative estimate of drug-likeness (QED) is 0.302. The second-order valence-electron chi connectivity index (χ2n) is 7.86. The molecule has 1 aliphatic rings. The summed E-state index contributed by atoms with van der Waals surface area (Å²) < 4.78 is 8.36. The summed E-state index contributed by atoms with van der Waals surface area (Å²) in [5, 5.41) is 9.19. The molecular formula is C28H25IN4O. The van der Waals surface area contributed by atoms with Crippen LogP contribution >= 0.6 is 0 Å². The molecule has 34 heavy (non-hydrogen) atoms. The number of imidazole rings is 1. The highest BCUT2D eigenvalue weighted by Crippen LogP contribution is 2.41. The second-order valence-corrected chi connectivity index (χ2v) is 7.86. The van der Waals surface area contributed by atoms with E-state index in [0.717, 1.165) is 47.3 Å². The molecule has 4 aromatic rings. The van der Waals surface area contributed by atoms with Gasteiger partial charge in [0.1, 0.15) is 0 Å². The number of nitriles is 1. The van der Waals surface area contributed by atoms with Gasteiger partial charge in [0.15, 0.2) is 16.8 Å². The molecule has 0 bridgehead atoms. The van der Waals surface area contributed by atoms with Crippen molar-refractivity contribution in [3.05, 3.63) is 96.2 Å². The van der Waals surface area contributed by atoms with Crippen LogP contribution in [0, 0.1) is 11.3 Å². The molecule has 1 N–H and O–H groups in total. The molecule has 0 spiro atoms. The van der Waals surface area contributed by atoms with E-state index < -0.39 is 0 Å². The minimum Gasteiger partial charge on any atom is -1.00 e. The predicted molar refractivity (Wildman–Crippen MR) is 132 cm³/mol. The van der Waals surface area contributed by atoms with Crippen LogP contribution in [-0.2, 0) is 6.54 Å². The number of hydrogen-bond donors (Lipinski definition) is 1. The first-order valence-corrected chi connectivity index (χ1v) is 11.2. The van der Waals surface area contributed by atoms with Crippen LogP contribution in [0.4, 0.5) is 5.69 Å². The van der Waals surface area contributed by atoms with Gasteiger partial charge in [0.05, 0.1) is 23.9 Å². The first-order valence-electron chi connectivity index (χ1n) is 11.2. The number of aromatic nitrogens is 2. The van der Waals surface area contributed by atoms with Crippen LogP contribution in [0.15, 0.2) is 84.8 Å². The van der Waals surface area contributed by atoms with E-state index in [0.29, 0.717) is 5.56 Å². The van der Waals surface area contributed by atoms with Gasteiger partial charge in [-0.05, 0) is 61.4 Å². The number of anilines is 1. The molecule has 0 radical (unpaired) electrons. The number of aromatic amines is 1. The Morgan fingerprint density at radius 1 is 1.03 bits per heavy atom. The van der Waals surface area contributed by atoms with Crippen LogP contribution in [0.3, 0.4) is 0 Å². The lowest BCUT2D eigenvalue weighted by Crippen LogP contribution is -3.00. The molecule has 5 nitrogen and oxygen atoms in total. The molecule has 0 saturated heterocycles. The van der Waals surface area contributed by atoms with E-state index >= 15 is 0 Å². The van der Waals surface area contributed by atoms with Crippen molar-refractivity contribution in [2.75, 3.05) is 11.4 Å². The first kappa shape index (κ1) is 23.6. The van der Waals surface area contributed by atoms with Crippen LogP contribution in [-0.4, -0.2) is 11.5 Å². The number of allylic oxidation sites excluding steroid dienone is 2. The molecule has 1 aliphatic heterocycles. The van der Waals surface area contributed by atoms with Gasteiger partial charge in [-0.25, -0.2) is 9.55 Å². The number of halogens is 1. The smallest absolute Gasteiger partial charge is 0.280 e. The third-order valence-electron chi connectivity index (χ3n) is 5.93. The van der Waals surface area contributed by atoms with E-state index in [2.05, 4.69) is 70.8 Å². The first-order chi connectivity index (χ1) is 16.2. The molecule has 0 unspecified atom stereocenters. The number of hydrogen-bond acceptors (Lipinski definition) is 3. The van der Waals surface area contributed by atoms with Crippen molar-refractivity contribution in [2.45, 2.75) is 20.4 Å². The lowest BCUT2D eigenvalue weighted by molar-refractivity contribution is -0.669. The summed E-state index contributed by atoms with van der Waals surface area (Å²) in [7, 11) is 0. The van der Waals surface area contributed by atoms with Gasteiger partial charge in [-0.15, -0.1) is 0 Å². The van der Waals surface area contributed by atoms with Crippen molar-refractivity contribution in [2.24, 2.45) is 0 Å². The summed E-state index contributed by atoms with van der Waals surface area (Å²) in [6.45, 7) is 5.87. The fourth-order valence-electron chi connectivity index (χ4n) is 4.33. The van der Waals surface area contributed by atoms with Gasteiger partial charge in [0.2, 0.25) is 5.88 Å². The predicted octanol–water partition coefficient (Wildman–Crippen LogP) is 2.79. The third-order valence-corrected chi connectivity index (χ3v) is 5.93. The Balaban J connectivity index is 0.00000274. The average Bonchev–Trinajstić information content (AvgIpc) is 3.40. The van der Waals surface area contributed by atoms with Crippen LogP contribution in [0.2, 0.25) is 0 Å². The number of nitrogens with one attached hydrogen (secondary N) is 1. The van der Waals surface area contributed by atoms with Gasteiger partial charge in [0.25, 0.3) is 5.82 Å². The van der Waals surface area contributed by atoms with Crippen molar-refractivity contribution in [3.63, 3.8) is 0 Å². The highest BCUT2D eigenvalue weighted by atomic mass is 127. The van der Waals surface area contributed by atoms with Gasteiger partial charge in [-0.2, -0.15) is 5.26 Å². The zero-order valence-corrected chi connectivity index (χ0v) is 21.3. The highest BCUT2D eigenvalue weighted by molar-refractivity contribution is 5.77. The second kappa shape index (κ2) is 10.1. The van der Waals surface area contributed by atoms with Gasteiger partial charge >= 0.3 is 0 Å². The molecule has 0 saturated carbocycles. The Bertz CT molecular complexity index is 1430. The zero-order valence-electron chi connectivity index (χ0n) is 19.1. The molecular weight excluding hydrogens is 535 g/mol. The van der Waals surface area contributed by atoms with E-state index in [9.17, 15) is 5.26 Å². The lowest BCUT2D eigenvalue weighted by Gasteiger charge is -2.15. The van der Waals surface area contributed by atoms with Crippen LogP contribution < -0.4 is 38.2 Å². The largest absolute Gasteiger partial charge is 1.00 e. The maximum atomic E-state index is 9.19. The van der Waals surface area contributed by atoms with E-state index in [1.54, 1.807) is 0 Å². The minimum atomic E-state index is 0. The normalized spacial score (nSPS) is 13.7. The van der Waals surface area contributed by atoms with Crippen molar-refractivity contribution in [1.82, 2.24) is 4.98 Å². The summed E-state index contributed by atoms with van der Waals surface area (Å²) >= 11 is 0. The Morgan fingerprint density at radius 3 is 2.59 bits per heavy atom. The number of nitrogens with zero attached hydrogens (tertiary/aromatic N) is 3. The number of fused-ring (bicyclic) bond motifs is 2. The summed E-state index contributed by atoms with van der Waals surface area (Å²) in [5.41, 5.74) is 6.13. The number of benzene rings is 3. The van der Waals surface area contributed by atoms with Gasteiger partial charge in [-0.1, -0.05) is 36.4 Å². The van der Waals surface area contributed by atoms with Gasteiger partial charge in [0, 0.05) is 18.7 Å². The van der Waals surface area contributed by atoms with Crippen molar-refractivity contribution in [1.29, 1.82) is 5.26 Å². The Labute approximate surface area is 216 Å². The Kier molecular flexibility index (Phi) is 7.03. The average molecular weight is 560 g/mol. The Morgan fingerprint density at radius 2 is 1.85 bits per heavy atom. The zero-order chi connectivity index (χ0) is 22.8. The molecule has 6 heteroatoms. The molecule has 0 fully saturated rings. The van der Waals surface area contributed by atoms with Gasteiger partial charge < -0.3 is 33.6 Å². The number of rotatable bonds is 5. The molecule has 0 atom stereocenters. The van der Waals surface area contributed by atoms with E-state index in [1.807, 2.05) is 48.6 Å². The molecule has 5 rings (SSSR count). The molecule has 0 aliphatic carbocycles. The molecule has 170 valence electrons. The van der Waals surface area contributed by atoms with E-state index in [-0.39, 0.29) is 24.0 Å². The number of aryl methyl sites for hydroxylation is 1. The summed E-state index contributed by atoms with van der Waals surface area (Å²) in [5.74, 6) is 2.65. The van der Waals surface area contributed by atoms with Crippen molar-refractivity contribution < 1.29 is 33.3 Å². The fraction of sp³-hybridized carbons (Fsp3) is 0.143. The van der Waals surface area contributed by atoms with Crippen LogP contribution in [0.5, 0.6) is 5.75 Å². The standard InChI is InChI=1S/C28H24N4O.HI/c1-3-31-24-15-13-20(19-29)17-23(24)30-27(31)11-8-12-28-32(4-2)25-18-22(14-16-26(25)33-28)21-9-6-5-7-10-21;/h5-18H,3-4H2,1-2H3;1H/b11-8+,28-12-;. The SMILES string of the molecule is CCN1/C(=C/C=C/c2[nH]c3cc(C#N)ccc3[n+]2CC)Oc2ccc(-c3ccccc3)cc21.[I-]. The van der Waals surface area contributed by atoms with E-state index in [1.165, 1.54) is 11.1 Å². The number of H-pyrrole nitrogens is 1. The third kappa shape index (κ3) is 4.31. The van der Waals surface area contributed by atoms with Crippen LogP contribution in [0.25, 0.3) is 28.2 Å². The molecule has 0 amide bonds. The Hall–Kier alpha value is -3.57. The van der Waals surface area contributed by atoms with Crippen molar-refractivity contribution >= 4 is 22.8 Å². The number of ether oxygens (including phenoxy) is 1.